The fourth-order valence-electron chi connectivity index (χ4n) is 3.41. The monoisotopic (exact) mass is 415 g/mol. The number of sulfonamides is 1. The molecule has 0 saturated carbocycles. The van der Waals surface area contributed by atoms with Crippen LogP contribution in [0.4, 0.5) is 0 Å². The smallest absolute Gasteiger partial charge is 0.213 e. The van der Waals surface area contributed by atoms with Crippen LogP contribution in [0.1, 0.15) is 25.3 Å². The average molecular weight is 416 g/mol. The molecule has 8 heteroatoms. The predicted octanol–water partition coefficient (Wildman–Crippen LogP) is 2.23. The van der Waals surface area contributed by atoms with E-state index in [4.69, 9.17) is 0 Å². The highest BCUT2D eigenvalue weighted by atomic mass is 32.2. The van der Waals surface area contributed by atoms with Gasteiger partial charge in [0.15, 0.2) is 5.96 Å². The Labute approximate surface area is 173 Å². The number of pyridine rings is 1. The van der Waals surface area contributed by atoms with Crippen molar-refractivity contribution in [1.82, 2.24) is 19.9 Å². The minimum atomic E-state index is -3.10. The van der Waals surface area contributed by atoms with Gasteiger partial charge < -0.3 is 10.6 Å². The predicted molar refractivity (Wildman–Crippen MR) is 117 cm³/mol. The molecule has 2 aromatic rings. The van der Waals surface area contributed by atoms with Gasteiger partial charge in [-0.15, -0.1) is 0 Å². The Hall–Kier alpha value is -2.45. The van der Waals surface area contributed by atoms with Gasteiger partial charge in [-0.3, -0.25) is 9.98 Å². The summed E-state index contributed by atoms with van der Waals surface area (Å²) >= 11 is 0. The molecule has 29 heavy (non-hydrogen) atoms. The number of piperidine rings is 1. The van der Waals surface area contributed by atoms with Gasteiger partial charge in [-0.2, -0.15) is 0 Å². The number of nitrogens with one attached hydrogen (secondary N) is 2. The fraction of sp³-hybridized carbons (Fsp3) is 0.429. The third-order valence-electron chi connectivity index (χ3n) is 5.12. The Morgan fingerprint density at radius 3 is 2.66 bits per heavy atom. The fourth-order valence-corrected chi connectivity index (χ4v) is 4.54. The molecule has 1 aromatic heterocycles. The topological polar surface area (TPSA) is 86.7 Å². The molecule has 0 bridgehead atoms. The van der Waals surface area contributed by atoms with Gasteiger partial charge >= 0.3 is 0 Å². The standard InChI is InChI=1S/C21H29N5O2S/c1-3-29(27,28)26-13-10-19(11-14-26)25-21(22-2)24-16-17-7-6-8-18(15-17)20-9-4-5-12-23-20/h4-9,12,15,19H,3,10-11,13-14,16H2,1-2H3,(H2,22,24,25). The molecule has 1 fully saturated rings. The van der Waals surface area contributed by atoms with E-state index >= 15 is 0 Å². The highest BCUT2D eigenvalue weighted by molar-refractivity contribution is 7.89. The van der Waals surface area contributed by atoms with Gasteiger partial charge in [0.05, 0.1) is 11.4 Å². The third kappa shape index (κ3) is 5.77. The Kier molecular flexibility index (Phi) is 7.22. The number of benzene rings is 1. The first-order valence-corrected chi connectivity index (χ1v) is 11.6. The maximum atomic E-state index is 12.0. The van der Waals surface area contributed by atoms with Crippen LogP contribution in [0.15, 0.2) is 53.7 Å². The molecule has 0 atom stereocenters. The summed E-state index contributed by atoms with van der Waals surface area (Å²) in [6.45, 7) is 3.44. The zero-order valence-electron chi connectivity index (χ0n) is 17.0. The molecule has 2 N–H and O–H groups in total. The van der Waals surface area contributed by atoms with E-state index in [2.05, 4.69) is 38.8 Å². The minimum Gasteiger partial charge on any atom is -0.354 e. The molecule has 1 saturated heterocycles. The van der Waals surface area contributed by atoms with E-state index in [9.17, 15) is 8.42 Å². The van der Waals surface area contributed by atoms with Crippen LogP contribution in [0.3, 0.4) is 0 Å². The number of hydrogen-bond acceptors (Lipinski definition) is 4. The van der Waals surface area contributed by atoms with Crippen molar-refractivity contribution in [2.75, 3.05) is 25.9 Å². The van der Waals surface area contributed by atoms with Crippen LogP contribution in [-0.2, 0) is 16.6 Å². The summed E-state index contributed by atoms with van der Waals surface area (Å²) in [5, 5.41) is 6.77. The van der Waals surface area contributed by atoms with Crippen LogP contribution >= 0.6 is 0 Å². The van der Waals surface area contributed by atoms with Crippen LogP contribution in [0.5, 0.6) is 0 Å². The molecule has 1 aromatic carbocycles. The Bertz CT molecular complexity index is 923. The number of aromatic nitrogens is 1. The van der Waals surface area contributed by atoms with Crippen molar-refractivity contribution in [2.45, 2.75) is 32.4 Å². The van der Waals surface area contributed by atoms with Crippen LogP contribution in [-0.4, -0.2) is 55.6 Å². The highest BCUT2D eigenvalue weighted by Gasteiger charge is 2.26. The lowest BCUT2D eigenvalue weighted by Gasteiger charge is -2.32. The summed E-state index contributed by atoms with van der Waals surface area (Å²) in [4.78, 5) is 8.72. The Morgan fingerprint density at radius 1 is 1.21 bits per heavy atom. The van der Waals surface area contributed by atoms with E-state index in [-0.39, 0.29) is 11.8 Å². The van der Waals surface area contributed by atoms with Gasteiger partial charge in [0.25, 0.3) is 0 Å². The summed E-state index contributed by atoms with van der Waals surface area (Å²) in [6.07, 6.45) is 3.34. The van der Waals surface area contributed by atoms with E-state index in [1.165, 1.54) is 0 Å². The molecular weight excluding hydrogens is 386 g/mol. The van der Waals surface area contributed by atoms with Gasteiger partial charge in [-0.25, -0.2) is 12.7 Å². The van der Waals surface area contributed by atoms with Gasteiger partial charge in [0.2, 0.25) is 10.0 Å². The van der Waals surface area contributed by atoms with Crippen LogP contribution in [0.2, 0.25) is 0 Å². The molecule has 2 heterocycles. The van der Waals surface area contributed by atoms with Crippen LogP contribution in [0, 0.1) is 0 Å². The number of guanidine groups is 1. The van der Waals surface area contributed by atoms with Crippen molar-refractivity contribution in [1.29, 1.82) is 0 Å². The number of hydrogen-bond donors (Lipinski definition) is 2. The molecule has 1 aliphatic rings. The summed E-state index contributed by atoms with van der Waals surface area (Å²) in [5.74, 6) is 0.886. The normalized spacial score (nSPS) is 16.6. The molecule has 7 nitrogen and oxygen atoms in total. The summed E-state index contributed by atoms with van der Waals surface area (Å²) in [7, 11) is -1.35. The van der Waals surface area contributed by atoms with Crippen LogP contribution in [0.25, 0.3) is 11.3 Å². The van der Waals surface area contributed by atoms with Crippen molar-refractivity contribution in [3.8, 4) is 11.3 Å². The first-order valence-electron chi connectivity index (χ1n) is 9.97. The van der Waals surface area contributed by atoms with E-state index in [0.29, 0.717) is 19.6 Å². The molecule has 0 aliphatic carbocycles. The summed E-state index contributed by atoms with van der Waals surface area (Å²) in [5.41, 5.74) is 3.17. The lowest BCUT2D eigenvalue weighted by atomic mass is 10.1. The molecular formula is C21H29N5O2S. The zero-order chi connectivity index (χ0) is 20.7. The van der Waals surface area contributed by atoms with Gasteiger partial charge in [0.1, 0.15) is 0 Å². The number of aliphatic imine (C=N–C) groups is 1. The van der Waals surface area contributed by atoms with E-state index < -0.39 is 10.0 Å². The van der Waals surface area contributed by atoms with E-state index in [1.807, 2.05) is 24.3 Å². The van der Waals surface area contributed by atoms with Crippen LogP contribution < -0.4 is 10.6 Å². The van der Waals surface area contributed by atoms with Gasteiger partial charge in [0, 0.05) is 44.5 Å². The van der Waals surface area contributed by atoms with Crippen molar-refractivity contribution in [2.24, 2.45) is 4.99 Å². The summed E-state index contributed by atoms with van der Waals surface area (Å²) in [6, 6.07) is 14.4. The lowest BCUT2D eigenvalue weighted by molar-refractivity contribution is 0.306. The largest absolute Gasteiger partial charge is 0.354 e. The van der Waals surface area contributed by atoms with Crippen molar-refractivity contribution in [3.05, 3.63) is 54.2 Å². The van der Waals surface area contributed by atoms with Crippen molar-refractivity contribution >= 4 is 16.0 Å². The van der Waals surface area contributed by atoms with Gasteiger partial charge in [-0.05, 0) is 43.5 Å². The second-order valence-electron chi connectivity index (χ2n) is 7.06. The summed E-state index contributed by atoms with van der Waals surface area (Å²) < 4.78 is 25.6. The first-order chi connectivity index (χ1) is 14.0. The highest BCUT2D eigenvalue weighted by Crippen LogP contribution is 2.18. The van der Waals surface area contributed by atoms with Crippen molar-refractivity contribution < 1.29 is 8.42 Å². The zero-order valence-corrected chi connectivity index (χ0v) is 17.8. The molecule has 0 radical (unpaired) electrons. The van der Waals surface area contributed by atoms with E-state index in [0.717, 1.165) is 35.6 Å². The minimum absolute atomic E-state index is 0.159. The lowest BCUT2D eigenvalue weighted by Crippen LogP contribution is -2.49. The second-order valence-corrected chi connectivity index (χ2v) is 9.32. The molecule has 156 valence electrons. The van der Waals surface area contributed by atoms with Crippen molar-refractivity contribution in [3.63, 3.8) is 0 Å². The Balaban J connectivity index is 1.53. The number of rotatable bonds is 6. The maximum Gasteiger partial charge on any atom is 0.213 e. The SMILES string of the molecule is CCS(=O)(=O)N1CCC(NC(=NC)NCc2cccc(-c3ccccn3)c2)CC1. The van der Waals surface area contributed by atoms with Gasteiger partial charge in [-0.1, -0.05) is 24.3 Å². The molecule has 3 rings (SSSR count). The molecule has 0 amide bonds. The maximum absolute atomic E-state index is 12.0. The van der Waals surface area contributed by atoms with E-state index in [1.54, 1.807) is 24.5 Å². The molecule has 0 unspecified atom stereocenters. The Morgan fingerprint density at radius 2 is 2.00 bits per heavy atom. The number of nitrogens with zero attached hydrogens (tertiary/aromatic N) is 3. The third-order valence-corrected chi connectivity index (χ3v) is 7.01. The average Bonchev–Trinajstić information content (AvgIpc) is 2.77. The first kappa shape index (κ1) is 21.3. The quantitative estimate of drug-likeness (QED) is 0.558. The molecule has 0 spiro atoms. The second kappa shape index (κ2) is 9.84. The molecule has 1 aliphatic heterocycles.